The third-order valence-corrected chi connectivity index (χ3v) is 4.06. The van der Waals surface area contributed by atoms with E-state index in [0.29, 0.717) is 5.92 Å². The average Bonchev–Trinajstić information content (AvgIpc) is 2.90. The highest BCUT2D eigenvalue weighted by atomic mass is 32.2. The first-order valence-corrected chi connectivity index (χ1v) is 7.03. The number of methoxy groups -OCH3 is 2. The second-order valence-corrected chi connectivity index (χ2v) is 4.92. The van der Waals surface area contributed by atoms with Crippen LogP contribution in [0.25, 0.3) is 0 Å². The summed E-state index contributed by atoms with van der Waals surface area (Å²) in [6, 6.07) is 3.99. The van der Waals surface area contributed by atoms with Crippen LogP contribution in [0.1, 0.15) is 17.9 Å². The maximum atomic E-state index is 5.50. The van der Waals surface area contributed by atoms with Crippen molar-refractivity contribution in [3.63, 3.8) is 0 Å². The van der Waals surface area contributed by atoms with E-state index in [1.807, 2.05) is 12.1 Å². The molecule has 1 aromatic rings. The maximum absolute atomic E-state index is 5.50. The summed E-state index contributed by atoms with van der Waals surface area (Å²) in [5, 5.41) is 3.41. The lowest BCUT2D eigenvalue weighted by Crippen LogP contribution is -2.10. The van der Waals surface area contributed by atoms with Gasteiger partial charge in [0.05, 0.1) is 19.1 Å². The van der Waals surface area contributed by atoms with Gasteiger partial charge in [0.1, 0.15) is 11.5 Å². The fourth-order valence-corrected chi connectivity index (χ4v) is 3.24. The van der Waals surface area contributed by atoms with Gasteiger partial charge in [-0.1, -0.05) is 0 Å². The Morgan fingerprint density at radius 3 is 2.47 bits per heavy atom. The minimum atomic E-state index is 0.530. The molecule has 0 bridgehead atoms. The number of ether oxygens (including phenoxy) is 2. The van der Waals surface area contributed by atoms with E-state index in [-0.39, 0.29) is 0 Å². The van der Waals surface area contributed by atoms with Crippen LogP contribution in [0.15, 0.2) is 17.0 Å². The number of thioether (sulfide) groups is 1. The molecule has 1 fully saturated rings. The summed E-state index contributed by atoms with van der Waals surface area (Å²) in [5.41, 5.74) is 1.30. The molecule has 0 amide bonds. The van der Waals surface area contributed by atoms with Crippen molar-refractivity contribution in [1.82, 2.24) is 5.32 Å². The average molecular weight is 253 g/mol. The molecule has 17 heavy (non-hydrogen) atoms. The summed E-state index contributed by atoms with van der Waals surface area (Å²) in [4.78, 5) is 1.21. The minimum Gasteiger partial charge on any atom is -0.496 e. The molecular weight excluding hydrogens is 234 g/mol. The first-order chi connectivity index (χ1) is 8.31. The van der Waals surface area contributed by atoms with E-state index in [0.717, 1.165) is 31.0 Å². The molecule has 0 aliphatic carbocycles. The third kappa shape index (κ3) is 2.38. The van der Waals surface area contributed by atoms with E-state index in [4.69, 9.17) is 9.47 Å². The zero-order valence-corrected chi connectivity index (χ0v) is 11.4. The lowest BCUT2D eigenvalue weighted by molar-refractivity contribution is 0.386. The van der Waals surface area contributed by atoms with Gasteiger partial charge >= 0.3 is 0 Å². The maximum Gasteiger partial charge on any atom is 0.132 e. The summed E-state index contributed by atoms with van der Waals surface area (Å²) < 4.78 is 10.9. The number of nitrogens with one attached hydrogen (secondary N) is 1. The lowest BCUT2D eigenvalue weighted by atomic mass is 9.97. The molecule has 0 spiro atoms. The van der Waals surface area contributed by atoms with E-state index in [1.54, 1.807) is 26.0 Å². The zero-order chi connectivity index (χ0) is 12.3. The predicted molar refractivity (Wildman–Crippen MR) is 71.6 cm³/mol. The zero-order valence-electron chi connectivity index (χ0n) is 10.6. The van der Waals surface area contributed by atoms with Gasteiger partial charge in [-0.05, 0) is 31.4 Å². The summed E-state index contributed by atoms with van der Waals surface area (Å²) in [5.74, 6) is 2.45. The number of hydrogen-bond acceptors (Lipinski definition) is 4. The van der Waals surface area contributed by atoms with Crippen molar-refractivity contribution in [2.45, 2.75) is 17.2 Å². The van der Waals surface area contributed by atoms with Gasteiger partial charge in [-0.15, -0.1) is 11.8 Å². The molecule has 0 radical (unpaired) electrons. The molecule has 1 N–H and O–H groups in total. The quantitative estimate of drug-likeness (QED) is 0.835. The molecule has 3 nitrogen and oxygen atoms in total. The van der Waals surface area contributed by atoms with Gasteiger partial charge in [0.2, 0.25) is 0 Å². The molecular formula is C13H19NO2S. The molecule has 2 rings (SSSR count). The Bertz CT molecular complexity index is 389. The lowest BCUT2D eigenvalue weighted by Gasteiger charge is -2.19. The van der Waals surface area contributed by atoms with E-state index >= 15 is 0 Å². The molecule has 1 unspecified atom stereocenters. The van der Waals surface area contributed by atoms with Gasteiger partial charge in [0, 0.05) is 18.0 Å². The fraction of sp³-hybridized carbons (Fsp3) is 0.538. The Morgan fingerprint density at radius 1 is 1.24 bits per heavy atom. The SMILES string of the molecule is COc1ccc(OC)c(C2CCNC2)c1SC. The third-order valence-electron chi connectivity index (χ3n) is 3.23. The molecule has 1 aromatic carbocycles. The smallest absolute Gasteiger partial charge is 0.132 e. The predicted octanol–water partition coefficient (Wildman–Crippen LogP) is 2.50. The van der Waals surface area contributed by atoms with Gasteiger partial charge in [-0.25, -0.2) is 0 Å². The summed E-state index contributed by atoms with van der Waals surface area (Å²) in [6.45, 7) is 2.11. The van der Waals surface area contributed by atoms with Crippen molar-refractivity contribution >= 4 is 11.8 Å². The summed E-state index contributed by atoms with van der Waals surface area (Å²) in [7, 11) is 3.45. The van der Waals surface area contributed by atoms with Gasteiger partial charge in [0.15, 0.2) is 0 Å². The number of rotatable bonds is 4. The number of benzene rings is 1. The molecule has 1 aliphatic heterocycles. The van der Waals surface area contributed by atoms with Crippen LogP contribution in [0.5, 0.6) is 11.5 Å². The van der Waals surface area contributed by atoms with E-state index < -0.39 is 0 Å². The van der Waals surface area contributed by atoms with Crippen LogP contribution in [0.2, 0.25) is 0 Å². The van der Waals surface area contributed by atoms with Gasteiger partial charge in [-0.3, -0.25) is 0 Å². The number of hydrogen-bond donors (Lipinski definition) is 1. The molecule has 1 aliphatic rings. The second kappa shape index (κ2) is 5.65. The Morgan fingerprint density at radius 2 is 1.94 bits per heavy atom. The van der Waals surface area contributed by atoms with Crippen LogP contribution in [-0.2, 0) is 0 Å². The van der Waals surface area contributed by atoms with E-state index in [1.165, 1.54) is 10.5 Å². The molecule has 1 heterocycles. The second-order valence-electron chi connectivity index (χ2n) is 4.11. The van der Waals surface area contributed by atoms with Crippen LogP contribution in [-0.4, -0.2) is 33.6 Å². The molecule has 1 atom stereocenters. The van der Waals surface area contributed by atoms with Crippen molar-refractivity contribution in [2.75, 3.05) is 33.6 Å². The van der Waals surface area contributed by atoms with Gasteiger partial charge in [0.25, 0.3) is 0 Å². The monoisotopic (exact) mass is 253 g/mol. The van der Waals surface area contributed by atoms with E-state index in [9.17, 15) is 0 Å². The van der Waals surface area contributed by atoms with Gasteiger partial charge in [-0.2, -0.15) is 0 Å². The molecule has 0 aromatic heterocycles. The van der Waals surface area contributed by atoms with Crippen LogP contribution >= 0.6 is 11.8 Å². The van der Waals surface area contributed by atoms with Crippen LogP contribution in [0, 0.1) is 0 Å². The van der Waals surface area contributed by atoms with Crippen molar-refractivity contribution in [1.29, 1.82) is 0 Å². The largest absolute Gasteiger partial charge is 0.496 e. The molecule has 94 valence electrons. The first kappa shape index (κ1) is 12.6. The Labute approximate surface area is 107 Å². The van der Waals surface area contributed by atoms with Crippen molar-refractivity contribution < 1.29 is 9.47 Å². The molecule has 4 heteroatoms. The Hall–Kier alpha value is -0.870. The van der Waals surface area contributed by atoms with E-state index in [2.05, 4.69) is 11.6 Å². The van der Waals surface area contributed by atoms with Crippen molar-refractivity contribution in [2.24, 2.45) is 0 Å². The van der Waals surface area contributed by atoms with Gasteiger partial charge < -0.3 is 14.8 Å². The highest BCUT2D eigenvalue weighted by molar-refractivity contribution is 7.98. The van der Waals surface area contributed by atoms with Crippen molar-refractivity contribution in [3.05, 3.63) is 17.7 Å². The Kier molecular flexibility index (Phi) is 4.18. The van der Waals surface area contributed by atoms with Crippen LogP contribution < -0.4 is 14.8 Å². The minimum absolute atomic E-state index is 0.530. The van der Waals surface area contributed by atoms with Crippen LogP contribution in [0.3, 0.4) is 0 Å². The van der Waals surface area contributed by atoms with Crippen LogP contribution in [0.4, 0.5) is 0 Å². The normalized spacial score (nSPS) is 19.4. The highest BCUT2D eigenvalue weighted by Gasteiger charge is 2.25. The topological polar surface area (TPSA) is 30.5 Å². The first-order valence-electron chi connectivity index (χ1n) is 5.81. The fourth-order valence-electron chi connectivity index (χ4n) is 2.40. The highest BCUT2D eigenvalue weighted by Crippen LogP contribution is 2.42. The summed E-state index contributed by atoms with van der Waals surface area (Å²) in [6.07, 6.45) is 3.25. The molecule has 1 saturated heterocycles. The standard InChI is InChI=1S/C13H19NO2S/c1-15-10-4-5-11(16-2)13(17-3)12(10)9-6-7-14-8-9/h4-5,9,14H,6-8H2,1-3H3. The van der Waals surface area contributed by atoms with Crippen molar-refractivity contribution in [3.8, 4) is 11.5 Å². The molecule has 0 saturated carbocycles. The summed E-state index contributed by atoms with van der Waals surface area (Å²) >= 11 is 1.73. The Balaban J connectivity index is 2.49.